The number of sulfonamides is 1. The molecule has 166 valence electrons. The molecule has 1 fully saturated rings. The Labute approximate surface area is 185 Å². The number of ether oxygens (including phenoxy) is 2. The molecule has 0 aliphatic carbocycles. The highest BCUT2D eigenvalue weighted by molar-refractivity contribution is 7.89. The second kappa shape index (κ2) is 10.1. The van der Waals surface area contributed by atoms with E-state index in [1.54, 1.807) is 31.4 Å². The van der Waals surface area contributed by atoms with Crippen LogP contribution in [0, 0.1) is 0 Å². The summed E-state index contributed by atoms with van der Waals surface area (Å²) in [6.45, 7) is 0.307. The molecule has 1 saturated heterocycles. The molecule has 1 atom stereocenters. The standard InChI is InChI=1S/C20H22ClN3O6S/c1-29-16-6-2-14(3-7-16)12-22-19(25)20(26)23-13-18-24(10-11-30-18)31(27,28)17-8-4-15(21)5-9-17/h2-9,18H,10-13H2,1H3,(H,22,25)(H,23,26)/t18-/m0/s1. The molecule has 1 aliphatic rings. The molecule has 9 nitrogen and oxygen atoms in total. The van der Waals surface area contributed by atoms with E-state index in [-0.39, 0.29) is 31.1 Å². The number of methoxy groups -OCH3 is 1. The third-order valence-electron chi connectivity index (χ3n) is 4.62. The Balaban J connectivity index is 1.53. The molecule has 0 aromatic heterocycles. The highest BCUT2D eigenvalue weighted by Crippen LogP contribution is 2.23. The summed E-state index contributed by atoms with van der Waals surface area (Å²) in [5.41, 5.74) is 0.793. The van der Waals surface area contributed by atoms with Gasteiger partial charge in [-0.3, -0.25) is 9.59 Å². The van der Waals surface area contributed by atoms with Crippen molar-refractivity contribution >= 4 is 33.4 Å². The minimum Gasteiger partial charge on any atom is -0.497 e. The van der Waals surface area contributed by atoms with E-state index in [0.29, 0.717) is 10.8 Å². The van der Waals surface area contributed by atoms with Gasteiger partial charge in [0.15, 0.2) is 0 Å². The van der Waals surface area contributed by atoms with Crippen LogP contribution in [-0.4, -0.2) is 57.6 Å². The monoisotopic (exact) mass is 467 g/mol. The van der Waals surface area contributed by atoms with Crippen molar-refractivity contribution < 1.29 is 27.5 Å². The lowest BCUT2D eigenvalue weighted by Gasteiger charge is -2.22. The number of carbonyl (C=O) groups excluding carboxylic acids is 2. The van der Waals surface area contributed by atoms with Gasteiger partial charge in [-0.05, 0) is 42.0 Å². The fourth-order valence-corrected chi connectivity index (χ4v) is 4.59. The summed E-state index contributed by atoms with van der Waals surface area (Å²) in [5.74, 6) is -1.03. The molecule has 3 rings (SSSR count). The number of hydrogen-bond donors (Lipinski definition) is 2. The Morgan fingerprint density at radius 3 is 2.39 bits per heavy atom. The lowest BCUT2D eigenvalue weighted by molar-refractivity contribution is -0.139. The fourth-order valence-electron chi connectivity index (χ4n) is 2.95. The summed E-state index contributed by atoms with van der Waals surface area (Å²) < 4.78 is 37.3. The number of halogens is 1. The van der Waals surface area contributed by atoms with Crippen molar-refractivity contribution in [3.63, 3.8) is 0 Å². The summed E-state index contributed by atoms with van der Waals surface area (Å²) in [4.78, 5) is 24.2. The molecule has 31 heavy (non-hydrogen) atoms. The van der Waals surface area contributed by atoms with Crippen LogP contribution in [0.25, 0.3) is 0 Å². The molecule has 2 amide bonds. The zero-order valence-corrected chi connectivity index (χ0v) is 18.3. The highest BCUT2D eigenvalue weighted by Gasteiger charge is 2.36. The van der Waals surface area contributed by atoms with Crippen LogP contribution >= 0.6 is 11.6 Å². The average Bonchev–Trinajstić information content (AvgIpc) is 3.26. The Morgan fingerprint density at radius 1 is 1.10 bits per heavy atom. The zero-order valence-electron chi connectivity index (χ0n) is 16.7. The van der Waals surface area contributed by atoms with E-state index in [1.807, 2.05) is 0 Å². The second-order valence-corrected chi connectivity index (χ2v) is 8.96. The predicted octanol–water partition coefficient (Wildman–Crippen LogP) is 1.13. The summed E-state index contributed by atoms with van der Waals surface area (Å²) in [5, 5.41) is 5.34. The first kappa shape index (κ1) is 23.0. The van der Waals surface area contributed by atoms with Crippen molar-refractivity contribution in [2.45, 2.75) is 17.7 Å². The third kappa shape index (κ3) is 5.73. The predicted molar refractivity (Wildman–Crippen MR) is 113 cm³/mol. The zero-order chi connectivity index (χ0) is 22.4. The molecule has 0 spiro atoms. The maximum Gasteiger partial charge on any atom is 0.309 e. The normalized spacial score (nSPS) is 16.6. The van der Waals surface area contributed by atoms with Crippen LogP contribution in [0.3, 0.4) is 0 Å². The van der Waals surface area contributed by atoms with Crippen LogP contribution in [-0.2, 0) is 30.9 Å². The van der Waals surface area contributed by atoms with Crippen molar-refractivity contribution in [3.05, 3.63) is 59.1 Å². The third-order valence-corrected chi connectivity index (χ3v) is 6.77. The van der Waals surface area contributed by atoms with E-state index < -0.39 is 28.1 Å². The molecular weight excluding hydrogens is 446 g/mol. The van der Waals surface area contributed by atoms with E-state index in [9.17, 15) is 18.0 Å². The van der Waals surface area contributed by atoms with Crippen molar-refractivity contribution in [2.24, 2.45) is 0 Å². The van der Waals surface area contributed by atoms with E-state index >= 15 is 0 Å². The summed E-state index contributed by atoms with van der Waals surface area (Å²) in [7, 11) is -2.28. The van der Waals surface area contributed by atoms with Gasteiger partial charge in [-0.15, -0.1) is 0 Å². The van der Waals surface area contributed by atoms with Gasteiger partial charge in [0.1, 0.15) is 12.0 Å². The van der Waals surface area contributed by atoms with Gasteiger partial charge in [-0.2, -0.15) is 4.31 Å². The lowest BCUT2D eigenvalue weighted by Crippen LogP contribution is -2.47. The van der Waals surface area contributed by atoms with Crippen molar-refractivity contribution in [1.29, 1.82) is 0 Å². The van der Waals surface area contributed by atoms with Gasteiger partial charge in [-0.25, -0.2) is 8.42 Å². The summed E-state index contributed by atoms with van der Waals surface area (Å²) in [6.07, 6.45) is -0.918. The Hall–Kier alpha value is -2.66. The maximum atomic E-state index is 12.8. The van der Waals surface area contributed by atoms with Crippen LogP contribution < -0.4 is 15.4 Å². The molecule has 1 aliphatic heterocycles. The lowest BCUT2D eigenvalue weighted by atomic mass is 10.2. The van der Waals surface area contributed by atoms with Crippen LogP contribution in [0.4, 0.5) is 0 Å². The number of hydrogen-bond acceptors (Lipinski definition) is 6. The fraction of sp³-hybridized carbons (Fsp3) is 0.300. The van der Waals surface area contributed by atoms with Gasteiger partial charge in [-0.1, -0.05) is 23.7 Å². The highest BCUT2D eigenvalue weighted by atomic mass is 35.5. The first-order chi connectivity index (χ1) is 14.8. The quantitative estimate of drug-likeness (QED) is 0.590. The number of nitrogens with zero attached hydrogens (tertiary/aromatic N) is 1. The minimum absolute atomic E-state index is 0.0657. The van der Waals surface area contributed by atoms with Crippen LogP contribution in [0.1, 0.15) is 5.56 Å². The molecule has 0 radical (unpaired) electrons. The summed E-state index contributed by atoms with van der Waals surface area (Å²) in [6, 6.07) is 12.8. The summed E-state index contributed by atoms with van der Waals surface area (Å²) >= 11 is 5.82. The van der Waals surface area contributed by atoms with Crippen LogP contribution in [0.15, 0.2) is 53.4 Å². The number of benzene rings is 2. The first-order valence-corrected chi connectivity index (χ1v) is 11.2. The largest absolute Gasteiger partial charge is 0.497 e. The van der Waals surface area contributed by atoms with E-state index in [0.717, 1.165) is 9.87 Å². The second-order valence-electron chi connectivity index (χ2n) is 6.64. The smallest absolute Gasteiger partial charge is 0.309 e. The van der Waals surface area contributed by atoms with Gasteiger partial charge >= 0.3 is 11.8 Å². The molecule has 2 N–H and O–H groups in total. The number of amides is 2. The molecule has 2 aromatic carbocycles. The van der Waals surface area contributed by atoms with E-state index in [1.165, 1.54) is 24.3 Å². The SMILES string of the molecule is COc1ccc(CNC(=O)C(=O)NC[C@@H]2OCCN2S(=O)(=O)c2ccc(Cl)cc2)cc1. The van der Waals surface area contributed by atoms with Gasteiger partial charge in [0.2, 0.25) is 10.0 Å². The van der Waals surface area contributed by atoms with Crippen molar-refractivity contribution in [3.8, 4) is 5.75 Å². The minimum atomic E-state index is -3.84. The van der Waals surface area contributed by atoms with Gasteiger partial charge in [0.25, 0.3) is 0 Å². The van der Waals surface area contributed by atoms with E-state index in [2.05, 4.69) is 10.6 Å². The van der Waals surface area contributed by atoms with Gasteiger partial charge in [0, 0.05) is 18.1 Å². The Morgan fingerprint density at radius 2 is 1.74 bits per heavy atom. The Bertz CT molecular complexity index is 1030. The van der Waals surface area contributed by atoms with Crippen LogP contribution in [0.5, 0.6) is 5.75 Å². The number of nitrogens with one attached hydrogen (secondary N) is 2. The maximum absolute atomic E-state index is 12.8. The number of rotatable bonds is 7. The molecule has 0 bridgehead atoms. The van der Waals surface area contributed by atoms with Gasteiger partial charge < -0.3 is 20.1 Å². The molecule has 0 unspecified atom stereocenters. The molecule has 2 aromatic rings. The Kier molecular flexibility index (Phi) is 7.50. The molecular formula is C20H22ClN3O6S. The topological polar surface area (TPSA) is 114 Å². The van der Waals surface area contributed by atoms with E-state index in [4.69, 9.17) is 21.1 Å². The number of carbonyl (C=O) groups is 2. The average molecular weight is 468 g/mol. The van der Waals surface area contributed by atoms with Crippen molar-refractivity contribution in [2.75, 3.05) is 26.8 Å². The molecule has 11 heteroatoms. The molecule has 0 saturated carbocycles. The van der Waals surface area contributed by atoms with Crippen LogP contribution in [0.2, 0.25) is 5.02 Å². The van der Waals surface area contributed by atoms with Gasteiger partial charge in [0.05, 0.1) is 25.2 Å². The molecule has 1 heterocycles. The van der Waals surface area contributed by atoms with Crippen molar-refractivity contribution in [1.82, 2.24) is 14.9 Å². The first-order valence-electron chi connectivity index (χ1n) is 9.39.